The zero-order valence-electron chi connectivity index (χ0n) is 11.8. The van der Waals surface area contributed by atoms with E-state index in [0.29, 0.717) is 22.9 Å². The molecular formula is C15H18BrNO4. The first-order chi connectivity index (χ1) is 9.88. The van der Waals surface area contributed by atoms with Crippen LogP contribution in [0.25, 0.3) is 0 Å². The van der Waals surface area contributed by atoms with Crippen LogP contribution < -0.4 is 5.32 Å². The summed E-state index contributed by atoms with van der Waals surface area (Å²) in [7, 11) is 0. The van der Waals surface area contributed by atoms with Gasteiger partial charge in [-0.3, -0.25) is 9.59 Å². The van der Waals surface area contributed by atoms with Crippen molar-refractivity contribution >= 4 is 33.5 Å². The minimum atomic E-state index is -1.08. The van der Waals surface area contributed by atoms with Gasteiger partial charge >= 0.3 is 5.97 Å². The van der Waals surface area contributed by atoms with Crippen LogP contribution in [-0.2, 0) is 15.0 Å². The summed E-state index contributed by atoms with van der Waals surface area (Å²) in [6.07, 6.45) is 3.62. The summed E-state index contributed by atoms with van der Waals surface area (Å²) in [6, 6.07) is 3.06. The van der Waals surface area contributed by atoms with Gasteiger partial charge in [-0.05, 0) is 25.0 Å². The number of aliphatic carboxylic acids is 1. The smallest absolute Gasteiger partial charge is 0.314 e. The quantitative estimate of drug-likeness (QED) is 0.725. The third kappa shape index (κ3) is 2.90. The third-order valence-corrected chi connectivity index (χ3v) is 4.69. The van der Waals surface area contributed by atoms with Crippen LogP contribution in [-0.4, -0.2) is 22.1 Å². The van der Waals surface area contributed by atoms with Crippen molar-refractivity contribution in [3.63, 3.8) is 0 Å². The Morgan fingerprint density at radius 3 is 2.38 bits per heavy atom. The SMILES string of the molecule is CC(=O)Nc1c(O)ccc(Br)c1C1(C(=O)O)CCCCC1. The molecule has 3 N–H and O–H groups in total. The van der Waals surface area contributed by atoms with Gasteiger partial charge in [0, 0.05) is 17.0 Å². The van der Waals surface area contributed by atoms with Gasteiger partial charge in [0.2, 0.25) is 5.91 Å². The molecular weight excluding hydrogens is 338 g/mol. The Balaban J connectivity index is 2.66. The lowest BCUT2D eigenvalue weighted by Crippen LogP contribution is -2.39. The first-order valence-corrected chi connectivity index (χ1v) is 7.71. The summed E-state index contributed by atoms with van der Waals surface area (Å²) in [5.74, 6) is -1.38. The van der Waals surface area contributed by atoms with Gasteiger partial charge in [-0.1, -0.05) is 35.2 Å². The van der Waals surface area contributed by atoms with Crippen LogP contribution in [0.3, 0.4) is 0 Å². The van der Waals surface area contributed by atoms with E-state index in [9.17, 15) is 19.8 Å². The zero-order chi connectivity index (χ0) is 15.6. The van der Waals surface area contributed by atoms with Gasteiger partial charge in [-0.15, -0.1) is 0 Å². The number of amides is 1. The highest BCUT2D eigenvalue weighted by molar-refractivity contribution is 9.10. The number of halogens is 1. The number of hydrogen-bond donors (Lipinski definition) is 3. The highest BCUT2D eigenvalue weighted by Crippen LogP contribution is 2.48. The first-order valence-electron chi connectivity index (χ1n) is 6.91. The topological polar surface area (TPSA) is 86.6 Å². The number of benzene rings is 1. The lowest BCUT2D eigenvalue weighted by molar-refractivity contribution is -0.145. The van der Waals surface area contributed by atoms with Crippen molar-refractivity contribution in [2.24, 2.45) is 0 Å². The fraction of sp³-hybridized carbons (Fsp3) is 0.467. The molecule has 0 atom stereocenters. The number of carbonyl (C=O) groups excluding carboxylic acids is 1. The molecule has 1 fully saturated rings. The maximum atomic E-state index is 12.0. The molecule has 1 aromatic carbocycles. The van der Waals surface area contributed by atoms with E-state index in [-0.39, 0.29) is 17.3 Å². The molecule has 1 aliphatic rings. The Labute approximate surface area is 131 Å². The van der Waals surface area contributed by atoms with E-state index in [4.69, 9.17) is 0 Å². The molecule has 0 aromatic heterocycles. The van der Waals surface area contributed by atoms with E-state index in [1.807, 2.05) is 0 Å². The summed E-state index contributed by atoms with van der Waals surface area (Å²) >= 11 is 3.38. The Morgan fingerprint density at radius 1 is 1.24 bits per heavy atom. The molecule has 1 saturated carbocycles. The second-order valence-electron chi connectivity index (χ2n) is 5.45. The summed E-state index contributed by atoms with van der Waals surface area (Å²) in [5, 5.41) is 22.4. The Bertz CT molecular complexity index is 579. The van der Waals surface area contributed by atoms with E-state index in [1.54, 1.807) is 6.07 Å². The predicted molar refractivity (Wildman–Crippen MR) is 82.5 cm³/mol. The molecule has 0 bridgehead atoms. The molecule has 0 aliphatic heterocycles. The van der Waals surface area contributed by atoms with Gasteiger partial charge in [0.1, 0.15) is 5.75 Å². The van der Waals surface area contributed by atoms with Crippen molar-refractivity contribution in [3.05, 3.63) is 22.2 Å². The average molecular weight is 356 g/mol. The molecule has 1 amide bonds. The van der Waals surface area contributed by atoms with Crippen LogP contribution in [0.1, 0.15) is 44.6 Å². The molecule has 0 radical (unpaired) electrons. The van der Waals surface area contributed by atoms with Crippen LogP contribution in [0.4, 0.5) is 5.69 Å². The van der Waals surface area contributed by atoms with Crippen molar-refractivity contribution < 1.29 is 19.8 Å². The van der Waals surface area contributed by atoms with Crippen LogP contribution in [0, 0.1) is 0 Å². The monoisotopic (exact) mass is 355 g/mol. The normalized spacial score (nSPS) is 17.2. The number of aromatic hydroxyl groups is 1. The number of anilines is 1. The molecule has 21 heavy (non-hydrogen) atoms. The molecule has 5 nitrogen and oxygen atoms in total. The minimum Gasteiger partial charge on any atom is -0.506 e. The Hall–Kier alpha value is -1.56. The maximum absolute atomic E-state index is 12.0. The van der Waals surface area contributed by atoms with Crippen LogP contribution >= 0.6 is 15.9 Å². The van der Waals surface area contributed by atoms with E-state index >= 15 is 0 Å². The molecule has 0 spiro atoms. The molecule has 0 unspecified atom stereocenters. The zero-order valence-corrected chi connectivity index (χ0v) is 13.4. The predicted octanol–water partition coefficient (Wildman–Crippen LogP) is 3.40. The fourth-order valence-electron chi connectivity index (χ4n) is 3.06. The standard InChI is InChI=1S/C15H18BrNO4/c1-9(18)17-13-11(19)6-5-10(16)12(13)15(14(20)21)7-3-2-4-8-15/h5-6,19H,2-4,7-8H2,1H3,(H,17,18)(H,20,21). The van der Waals surface area contributed by atoms with Crippen molar-refractivity contribution in [3.8, 4) is 5.75 Å². The fourth-order valence-corrected chi connectivity index (χ4v) is 3.77. The third-order valence-electron chi connectivity index (χ3n) is 4.03. The van der Waals surface area contributed by atoms with Crippen molar-refractivity contribution in [1.29, 1.82) is 0 Å². The Kier molecular flexibility index (Phi) is 4.56. The lowest BCUT2D eigenvalue weighted by Gasteiger charge is -2.36. The molecule has 114 valence electrons. The Morgan fingerprint density at radius 2 is 1.86 bits per heavy atom. The summed E-state index contributed by atoms with van der Waals surface area (Å²) < 4.78 is 0.591. The molecule has 6 heteroatoms. The number of phenols is 1. The number of carboxylic acids is 1. The summed E-state index contributed by atoms with van der Waals surface area (Å²) in [5.41, 5.74) is -0.417. The number of nitrogens with one attached hydrogen (secondary N) is 1. The average Bonchev–Trinajstić information content (AvgIpc) is 2.43. The van der Waals surface area contributed by atoms with Crippen LogP contribution in [0.15, 0.2) is 16.6 Å². The number of phenolic OH excluding ortho intramolecular Hbond substituents is 1. The van der Waals surface area contributed by atoms with Gasteiger partial charge in [0.05, 0.1) is 11.1 Å². The first kappa shape index (κ1) is 15.8. The van der Waals surface area contributed by atoms with Crippen molar-refractivity contribution in [1.82, 2.24) is 0 Å². The van der Waals surface area contributed by atoms with E-state index < -0.39 is 11.4 Å². The second-order valence-corrected chi connectivity index (χ2v) is 6.30. The number of rotatable bonds is 3. The van der Waals surface area contributed by atoms with E-state index in [1.165, 1.54) is 13.0 Å². The molecule has 2 rings (SSSR count). The van der Waals surface area contributed by atoms with Gasteiger partial charge in [0.25, 0.3) is 0 Å². The molecule has 0 saturated heterocycles. The highest BCUT2D eigenvalue weighted by Gasteiger charge is 2.44. The highest BCUT2D eigenvalue weighted by atomic mass is 79.9. The summed E-state index contributed by atoms with van der Waals surface area (Å²) in [6.45, 7) is 1.33. The largest absolute Gasteiger partial charge is 0.506 e. The van der Waals surface area contributed by atoms with Gasteiger partial charge in [0.15, 0.2) is 0 Å². The van der Waals surface area contributed by atoms with Gasteiger partial charge in [-0.2, -0.15) is 0 Å². The second kappa shape index (κ2) is 6.05. The minimum absolute atomic E-state index is 0.116. The van der Waals surface area contributed by atoms with E-state index in [2.05, 4.69) is 21.2 Å². The molecule has 1 aliphatic carbocycles. The van der Waals surface area contributed by atoms with Crippen molar-refractivity contribution in [2.75, 3.05) is 5.32 Å². The number of carbonyl (C=O) groups is 2. The van der Waals surface area contributed by atoms with Gasteiger partial charge < -0.3 is 15.5 Å². The number of carboxylic acid groups (broad SMARTS) is 1. The molecule has 0 heterocycles. The van der Waals surface area contributed by atoms with Crippen LogP contribution in [0.5, 0.6) is 5.75 Å². The van der Waals surface area contributed by atoms with Gasteiger partial charge in [-0.25, -0.2) is 0 Å². The maximum Gasteiger partial charge on any atom is 0.314 e. The van der Waals surface area contributed by atoms with E-state index in [0.717, 1.165) is 19.3 Å². The molecule has 1 aromatic rings. The lowest BCUT2D eigenvalue weighted by atomic mass is 9.69. The summed E-state index contributed by atoms with van der Waals surface area (Å²) in [4.78, 5) is 23.4. The van der Waals surface area contributed by atoms with Crippen LogP contribution in [0.2, 0.25) is 0 Å². The van der Waals surface area contributed by atoms with Crippen molar-refractivity contribution in [2.45, 2.75) is 44.4 Å². The number of hydrogen-bond acceptors (Lipinski definition) is 3.